The van der Waals surface area contributed by atoms with Crippen molar-refractivity contribution in [1.82, 2.24) is 40.9 Å². The molecule has 44 nitrogen and oxygen atoms in total. The zero-order chi connectivity index (χ0) is 96.8. The summed E-state index contributed by atoms with van der Waals surface area (Å²) in [6.07, 6.45) is -3.74. The van der Waals surface area contributed by atoms with Crippen molar-refractivity contribution in [2.24, 2.45) is 67.0 Å². The van der Waals surface area contributed by atoms with Gasteiger partial charge in [-0.1, -0.05) is 55.4 Å². The first-order chi connectivity index (χ1) is 60.5. The lowest BCUT2D eigenvalue weighted by Crippen LogP contribution is -2.56. The van der Waals surface area contributed by atoms with Crippen LogP contribution in [0.4, 0.5) is 0 Å². The Hall–Kier alpha value is -5.36. The summed E-state index contributed by atoms with van der Waals surface area (Å²) in [5.74, 6) is -11.3. The molecule has 1 aliphatic rings. The van der Waals surface area contributed by atoms with Crippen LogP contribution in [0.2, 0.25) is 0 Å². The number of carboxylic acid groups (broad SMARTS) is 4. The number of aliphatic hydroxyl groups excluding tert-OH is 16. The Kier molecular flexibility index (Phi) is 60.1. The highest BCUT2D eigenvalue weighted by Crippen LogP contribution is 2.26. The highest BCUT2D eigenvalue weighted by molar-refractivity contribution is 5.81. The molecule has 752 valence electrons. The number of carbonyl (C=O) groups excluding carboxylic acids is 4. The van der Waals surface area contributed by atoms with Crippen LogP contribution in [-0.4, -0.2) is 483 Å². The predicted molar refractivity (Wildman–Crippen MR) is 460 cm³/mol. The monoisotopic (exact) mass is 1860 g/mol. The Morgan fingerprint density at radius 3 is 0.453 bits per heavy atom. The van der Waals surface area contributed by atoms with Gasteiger partial charge in [0.25, 0.3) is 0 Å². The van der Waals surface area contributed by atoms with Crippen LogP contribution < -0.4 is 21.3 Å². The molecule has 1 rings (SSSR count). The van der Waals surface area contributed by atoms with E-state index in [2.05, 4.69) is 21.3 Å². The summed E-state index contributed by atoms with van der Waals surface area (Å²) in [5.41, 5.74) is -8.46. The first kappa shape index (κ1) is 121. The van der Waals surface area contributed by atoms with Gasteiger partial charge in [0, 0.05) is 171 Å². The minimum Gasteiger partial charge on any atom is -0.480 e. The summed E-state index contributed by atoms with van der Waals surface area (Å²) < 4.78 is 47.0. The van der Waals surface area contributed by atoms with Crippen LogP contribution in [-0.2, 0) is 76.3 Å². The van der Waals surface area contributed by atoms with Crippen molar-refractivity contribution in [3.63, 3.8) is 0 Å². The number of carboxylic acids is 4. The first-order valence-electron chi connectivity index (χ1n) is 43.8. The van der Waals surface area contributed by atoms with Gasteiger partial charge in [0.15, 0.2) is 0 Å². The molecule has 0 aromatic carbocycles. The highest BCUT2D eigenvalue weighted by Gasteiger charge is 2.39. The van der Waals surface area contributed by atoms with Crippen molar-refractivity contribution < 1.29 is 178 Å². The van der Waals surface area contributed by atoms with Gasteiger partial charge in [-0.05, 0) is 25.7 Å². The minimum atomic E-state index is -1.62. The van der Waals surface area contributed by atoms with Gasteiger partial charge in [0.2, 0.25) is 23.6 Å². The summed E-state index contributed by atoms with van der Waals surface area (Å²) >= 11 is 0. The predicted octanol–water partition coefficient (Wildman–Crippen LogP) is -6.87. The maximum Gasteiger partial charge on any atom is 0.320 e. The van der Waals surface area contributed by atoms with Crippen LogP contribution in [0, 0.1) is 67.0 Å². The molecule has 0 bridgehead atoms. The Morgan fingerprint density at radius 1 is 0.234 bits per heavy atom. The maximum absolute atomic E-state index is 14.1. The molecule has 1 heterocycles. The molecule has 0 radical (unpaired) electrons. The fourth-order valence-corrected chi connectivity index (χ4v) is 12.6. The largest absolute Gasteiger partial charge is 0.480 e. The molecule has 4 atom stereocenters. The van der Waals surface area contributed by atoms with Crippen LogP contribution in [0.25, 0.3) is 0 Å². The van der Waals surface area contributed by atoms with Gasteiger partial charge < -0.3 is 161 Å². The van der Waals surface area contributed by atoms with Crippen LogP contribution in [0.15, 0.2) is 0 Å². The van der Waals surface area contributed by atoms with Crippen molar-refractivity contribution >= 4 is 47.5 Å². The van der Waals surface area contributed by atoms with Gasteiger partial charge in [-0.25, -0.2) is 0 Å². The molecule has 0 unspecified atom stereocenters. The van der Waals surface area contributed by atoms with E-state index < -0.39 is 296 Å². The standard InChI is InChI=1S/C84H160N8O36/c1-77(37-93,38-94)53-121-29-61(30-122-54-78(2,39-95)40-96)25-85-69(109)13-9-65(73(113)114)89-17-19-90(66(74(115)116)10-14-70(110)86-26-62(31-123-55-79(3,41-97)42-98)32-124-56-80(4,43-99)44-100)21-23-92(68(76(119)120)12-16-72(112)88-28-64(35-127-59-83(7,49-105)50-106)36-128-60-84(8,51-107)52-108)24-22-91(20-18-89)67(75(117)118)11-15-71(111)87-27-63(33-125-57-81(5,45-101)46-102)34-126-58-82(6,47-103)48-104/h61-68,93-108H,9-60H2,1-8H3,(H,85,109)(H,86,110)(H,87,111)(H,88,112)(H,113,114)(H,115,116)(H,117,118)(H,119,120)/t65-,66-,67-,68-/m0/s1. The van der Waals surface area contributed by atoms with E-state index >= 15 is 0 Å². The number of hydrogen-bond donors (Lipinski definition) is 24. The second kappa shape index (κ2) is 63.8. The van der Waals surface area contributed by atoms with Gasteiger partial charge in [0.1, 0.15) is 24.2 Å². The topological polar surface area (TPSA) is 676 Å². The Morgan fingerprint density at radius 2 is 0.352 bits per heavy atom. The molecule has 0 aromatic heterocycles. The Bertz CT molecular complexity index is 2550. The van der Waals surface area contributed by atoms with E-state index in [0.717, 1.165) is 0 Å². The number of nitrogens with zero attached hydrogens (tertiary/aromatic N) is 4. The van der Waals surface area contributed by atoms with Crippen LogP contribution in [0.1, 0.15) is 107 Å². The van der Waals surface area contributed by atoms with Crippen molar-refractivity contribution in [2.75, 3.05) is 290 Å². The number of hydrogen-bond acceptors (Lipinski definition) is 36. The molecule has 0 aliphatic carbocycles. The van der Waals surface area contributed by atoms with Crippen LogP contribution in [0.5, 0.6) is 0 Å². The number of rotatable bonds is 76. The SMILES string of the molecule is CC(CO)(CO)COCC(CNC(=O)CC[C@@H](C(=O)O)N1CCN([C@@H](CCC(=O)NCC(COCC(C)(CO)CO)COCC(C)(CO)CO)C(=O)O)CCN([C@@H](CCC(=O)NCC(COCC(C)(CO)CO)COCC(C)(CO)CO)C(=O)O)CCN([C@@H](CCC(=O)NCC(COCC(C)(CO)CO)COCC(C)(CO)CO)C(=O)O)CC1)COCC(C)(CO)CO. The quantitative estimate of drug-likeness (QED) is 0.0269. The van der Waals surface area contributed by atoms with Crippen molar-refractivity contribution in [3.05, 3.63) is 0 Å². The number of ether oxygens (including phenoxy) is 8. The Labute approximate surface area is 751 Å². The summed E-state index contributed by atoms with van der Waals surface area (Å²) in [5, 5.41) is 215. The summed E-state index contributed by atoms with van der Waals surface area (Å²) in [7, 11) is 0. The summed E-state index contributed by atoms with van der Waals surface area (Å²) in [6.45, 7) is -0.0179. The zero-order valence-electron chi connectivity index (χ0n) is 76.7. The molecule has 0 spiro atoms. The number of aliphatic carboxylic acids is 4. The summed E-state index contributed by atoms with van der Waals surface area (Å²) in [4.78, 5) is 118. The molecule has 24 N–H and O–H groups in total. The number of nitrogens with one attached hydrogen (secondary N) is 4. The highest BCUT2D eigenvalue weighted by atomic mass is 16.5. The lowest BCUT2D eigenvalue weighted by Gasteiger charge is -2.40. The van der Waals surface area contributed by atoms with Crippen molar-refractivity contribution in [1.29, 1.82) is 0 Å². The second-order valence-corrected chi connectivity index (χ2v) is 37.5. The molecule has 128 heavy (non-hydrogen) atoms. The van der Waals surface area contributed by atoms with E-state index in [9.17, 15) is 140 Å². The number of aliphatic hydroxyl groups is 16. The average molecular weight is 1860 g/mol. The molecule has 4 amide bonds. The van der Waals surface area contributed by atoms with Crippen LogP contribution >= 0.6 is 0 Å². The molecular weight excluding hydrogens is 1700 g/mol. The third-order valence-electron chi connectivity index (χ3n) is 23.1. The van der Waals surface area contributed by atoms with E-state index in [0.29, 0.717) is 0 Å². The van der Waals surface area contributed by atoms with Gasteiger partial charge >= 0.3 is 23.9 Å². The first-order valence-corrected chi connectivity index (χ1v) is 43.8. The van der Waals surface area contributed by atoms with E-state index in [1.165, 1.54) is 19.6 Å². The van der Waals surface area contributed by atoms with Crippen molar-refractivity contribution in [3.8, 4) is 0 Å². The van der Waals surface area contributed by atoms with Gasteiger partial charge in [0.05, 0.1) is 211 Å². The molecule has 0 aromatic rings. The van der Waals surface area contributed by atoms with E-state index in [4.69, 9.17) is 37.9 Å². The fourth-order valence-electron chi connectivity index (χ4n) is 12.6. The lowest BCUT2D eigenvalue weighted by atomic mass is 9.94. The molecule has 1 aliphatic heterocycles. The molecule has 1 saturated heterocycles. The van der Waals surface area contributed by atoms with E-state index in [1.807, 2.05) is 0 Å². The van der Waals surface area contributed by atoms with E-state index in [-0.39, 0.29) is 184 Å². The normalized spacial score (nSPS) is 15.7. The van der Waals surface area contributed by atoms with Crippen molar-refractivity contribution in [2.45, 2.75) is 131 Å². The summed E-state index contributed by atoms with van der Waals surface area (Å²) in [6, 6.07) is -6.48. The van der Waals surface area contributed by atoms with Gasteiger partial charge in [-0.3, -0.25) is 58.0 Å². The maximum atomic E-state index is 14.1. The van der Waals surface area contributed by atoms with Crippen LogP contribution in [0.3, 0.4) is 0 Å². The molecule has 1 fully saturated rings. The average Bonchev–Trinajstić information content (AvgIpc) is 0.835. The fraction of sp³-hybridized carbons (Fsp3) is 0.905. The lowest BCUT2D eigenvalue weighted by molar-refractivity contribution is -0.148. The number of carbonyl (C=O) groups is 8. The third kappa shape index (κ3) is 47.5. The second-order valence-electron chi connectivity index (χ2n) is 37.5. The van der Waals surface area contributed by atoms with Gasteiger partial charge in [-0.15, -0.1) is 0 Å². The number of amides is 4. The smallest absolute Gasteiger partial charge is 0.320 e. The minimum absolute atomic E-state index is 0.107. The zero-order valence-corrected chi connectivity index (χ0v) is 76.7. The molecular formula is C84H160N8O36. The molecule has 44 heteroatoms. The molecule has 0 saturated carbocycles. The third-order valence-corrected chi connectivity index (χ3v) is 23.1. The Balaban J connectivity index is 4.33. The van der Waals surface area contributed by atoms with E-state index in [1.54, 1.807) is 55.4 Å². The van der Waals surface area contributed by atoms with Gasteiger partial charge in [-0.2, -0.15) is 0 Å².